The molecule has 1 saturated heterocycles. The van der Waals surface area contributed by atoms with Crippen LogP contribution in [-0.2, 0) is 0 Å². The van der Waals surface area contributed by atoms with Crippen molar-refractivity contribution < 1.29 is 13.5 Å². The summed E-state index contributed by atoms with van der Waals surface area (Å²) < 4.78 is 37.1. The second-order valence-electron chi connectivity index (χ2n) is 10.5. The van der Waals surface area contributed by atoms with Gasteiger partial charge in [0.1, 0.15) is 23.1 Å². The summed E-state index contributed by atoms with van der Waals surface area (Å²) in [4.78, 5) is 6.76. The Morgan fingerprint density at radius 1 is 1.13 bits per heavy atom. The molecule has 3 heterocycles. The summed E-state index contributed by atoms with van der Waals surface area (Å²) in [7, 11) is 1.66. The van der Waals surface area contributed by atoms with E-state index in [1.807, 2.05) is 58.9 Å². The molecule has 2 aliphatic carbocycles. The van der Waals surface area contributed by atoms with Gasteiger partial charge in [0.25, 0.3) is 0 Å². The Labute approximate surface area is 226 Å². The van der Waals surface area contributed by atoms with Gasteiger partial charge in [0.15, 0.2) is 0 Å². The first kappa shape index (κ1) is 25.4. The number of allylic oxidation sites excluding steroid dienone is 6. The molecule has 9 heteroatoms. The number of benzene rings is 1. The molecule has 39 heavy (non-hydrogen) atoms. The molecule has 202 valence electrons. The maximum atomic E-state index is 13.8. The SMILES string of the molecule is COc1cc(-c2cn(C3CCN(C(C4=CC=C(F)CC4)C4C=CC(F)=CC4)C3)nn2)ccc1-n1cnc(C)c1. The quantitative estimate of drug-likeness (QED) is 0.371. The van der Waals surface area contributed by atoms with Crippen LogP contribution in [0.15, 0.2) is 84.5 Å². The Kier molecular flexibility index (Phi) is 6.99. The molecule has 0 spiro atoms. The second kappa shape index (κ2) is 10.7. The van der Waals surface area contributed by atoms with Crippen molar-refractivity contribution in [1.82, 2.24) is 29.4 Å². The highest BCUT2D eigenvalue weighted by atomic mass is 19.1. The molecule has 1 fully saturated rings. The van der Waals surface area contributed by atoms with Gasteiger partial charge in [-0.05, 0) is 56.5 Å². The average Bonchev–Trinajstić information content (AvgIpc) is 3.72. The lowest BCUT2D eigenvalue weighted by molar-refractivity contribution is 0.212. The van der Waals surface area contributed by atoms with Gasteiger partial charge in [-0.15, -0.1) is 5.10 Å². The Balaban J connectivity index is 1.21. The van der Waals surface area contributed by atoms with E-state index in [-0.39, 0.29) is 29.7 Å². The summed E-state index contributed by atoms with van der Waals surface area (Å²) in [6.45, 7) is 3.64. The molecule has 3 atom stereocenters. The van der Waals surface area contributed by atoms with E-state index in [0.717, 1.165) is 47.9 Å². The summed E-state index contributed by atoms with van der Waals surface area (Å²) in [5, 5.41) is 8.97. The molecular weight excluding hydrogens is 498 g/mol. The van der Waals surface area contributed by atoms with Crippen LogP contribution in [-0.4, -0.2) is 55.7 Å². The molecule has 0 saturated carbocycles. The van der Waals surface area contributed by atoms with Crippen LogP contribution in [0.3, 0.4) is 0 Å². The monoisotopic (exact) mass is 530 g/mol. The fourth-order valence-electron chi connectivity index (χ4n) is 5.93. The molecule has 3 unspecified atom stereocenters. The lowest BCUT2D eigenvalue weighted by atomic mass is 9.83. The Morgan fingerprint density at radius 2 is 2.03 bits per heavy atom. The van der Waals surface area contributed by atoms with E-state index in [0.29, 0.717) is 19.3 Å². The van der Waals surface area contributed by atoms with Gasteiger partial charge >= 0.3 is 0 Å². The van der Waals surface area contributed by atoms with Crippen molar-refractivity contribution in [3.8, 4) is 22.7 Å². The lowest BCUT2D eigenvalue weighted by Gasteiger charge is -2.36. The molecule has 3 aromatic rings. The van der Waals surface area contributed by atoms with Crippen LogP contribution in [0.2, 0.25) is 0 Å². The summed E-state index contributed by atoms with van der Waals surface area (Å²) in [6, 6.07) is 6.26. The third-order valence-electron chi connectivity index (χ3n) is 7.94. The molecule has 0 bridgehead atoms. The summed E-state index contributed by atoms with van der Waals surface area (Å²) in [6.07, 6.45) is 17.1. The lowest BCUT2D eigenvalue weighted by Crippen LogP contribution is -2.41. The van der Waals surface area contributed by atoms with Gasteiger partial charge in [-0.1, -0.05) is 29.0 Å². The molecule has 2 aromatic heterocycles. The summed E-state index contributed by atoms with van der Waals surface area (Å²) in [5.74, 6) is 0.613. The minimum Gasteiger partial charge on any atom is -0.495 e. The standard InChI is InChI=1S/C30H32F2N6O/c1-20-16-37(19-33-20)28-12-7-23(15-29(28)39-2)27-18-38(35-34-27)26-13-14-36(17-26)30(21-3-8-24(31)9-4-21)22-5-10-25(32)11-6-22/h3,5,7-10,12,15-16,18-19,21,26,30H,4,6,11,13-14,17H2,1-2H3. The summed E-state index contributed by atoms with van der Waals surface area (Å²) in [5.41, 5.74) is 4.76. The third kappa shape index (κ3) is 5.23. The predicted octanol–water partition coefficient (Wildman–Crippen LogP) is 6.07. The van der Waals surface area contributed by atoms with Crippen molar-refractivity contribution in [2.45, 2.75) is 44.7 Å². The van der Waals surface area contributed by atoms with Crippen molar-refractivity contribution in [1.29, 1.82) is 0 Å². The van der Waals surface area contributed by atoms with Gasteiger partial charge in [-0.3, -0.25) is 4.90 Å². The maximum absolute atomic E-state index is 13.8. The van der Waals surface area contributed by atoms with Crippen LogP contribution in [0, 0.1) is 12.8 Å². The zero-order valence-corrected chi connectivity index (χ0v) is 22.2. The number of hydrogen-bond acceptors (Lipinski definition) is 5. The topological polar surface area (TPSA) is 61.0 Å². The van der Waals surface area contributed by atoms with E-state index in [1.165, 1.54) is 5.57 Å². The van der Waals surface area contributed by atoms with E-state index < -0.39 is 0 Å². The minimum absolute atomic E-state index is 0.0816. The molecule has 3 aliphatic rings. The average molecular weight is 531 g/mol. The minimum atomic E-state index is -0.187. The predicted molar refractivity (Wildman–Crippen MR) is 146 cm³/mol. The molecule has 1 aromatic carbocycles. The van der Waals surface area contributed by atoms with E-state index in [1.54, 1.807) is 31.7 Å². The van der Waals surface area contributed by atoms with Gasteiger partial charge in [0.05, 0.1) is 37.1 Å². The van der Waals surface area contributed by atoms with Gasteiger partial charge < -0.3 is 9.30 Å². The van der Waals surface area contributed by atoms with E-state index >= 15 is 0 Å². The van der Waals surface area contributed by atoms with Crippen LogP contribution in [0.4, 0.5) is 8.78 Å². The largest absolute Gasteiger partial charge is 0.495 e. The zero-order chi connectivity index (χ0) is 26.9. The Bertz CT molecular complexity index is 1480. The summed E-state index contributed by atoms with van der Waals surface area (Å²) >= 11 is 0. The molecule has 0 radical (unpaired) electrons. The Morgan fingerprint density at radius 3 is 2.74 bits per heavy atom. The van der Waals surface area contributed by atoms with Gasteiger partial charge in [0.2, 0.25) is 0 Å². The first-order valence-electron chi connectivity index (χ1n) is 13.4. The van der Waals surface area contributed by atoms with Gasteiger partial charge in [-0.25, -0.2) is 18.4 Å². The van der Waals surface area contributed by atoms with Crippen molar-refractivity contribution in [3.05, 3.63) is 90.2 Å². The fourth-order valence-corrected chi connectivity index (χ4v) is 5.93. The number of hydrogen-bond donors (Lipinski definition) is 0. The van der Waals surface area contributed by atoms with Crippen LogP contribution in [0.5, 0.6) is 5.75 Å². The van der Waals surface area contributed by atoms with Crippen LogP contribution in [0.1, 0.15) is 37.4 Å². The molecule has 0 amide bonds. The number of imidazole rings is 1. The highest BCUT2D eigenvalue weighted by molar-refractivity contribution is 5.64. The third-order valence-corrected chi connectivity index (χ3v) is 7.94. The molecule has 1 aliphatic heterocycles. The number of ether oxygens (including phenoxy) is 1. The number of methoxy groups -OCH3 is 1. The van der Waals surface area contributed by atoms with Crippen molar-refractivity contribution in [2.24, 2.45) is 5.92 Å². The van der Waals surface area contributed by atoms with Gasteiger partial charge in [0, 0.05) is 43.2 Å². The molecule has 7 nitrogen and oxygen atoms in total. The number of likely N-dealkylation sites (tertiary alicyclic amines) is 1. The highest BCUT2D eigenvalue weighted by Crippen LogP contribution is 2.37. The van der Waals surface area contributed by atoms with Crippen LogP contribution < -0.4 is 4.74 Å². The maximum Gasteiger partial charge on any atom is 0.143 e. The smallest absolute Gasteiger partial charge is 0.143 e. The number of aryl methyl sites for hydroxylation is 1. The number of halogens is 2. The highest BCUT2D eigenvalue weighted by Gasteiger charge is 2.36. The van der Waals surface area contributed by atoms with Crippen molar-refractivity contribution in [2.75, 3.05) is 20.2 Å². The van der Waals surface area contributed by atoms with Gasteiger partial charge in [-0.2, -0.15) is 0 Å². The zero-order valence-electron chi connectivity index (χ0n) is 22.2. The molecule has 0 N–H and O–H groups in total. The number of rotatable bonds is 7. The molecule has 6 rings (SSSR count). The van der Waals surface area contributed by atoms with Crippen LogP contribution in [0.25, 0.3) is 16.9 Å². The Hall–Kier alpha value is -3.85. The van der Waals surface area contributed by atoms with Crippen LogP contribution >= 0.6 is 0 Å². The number of aromatic nitrogens is 5. The second-order valence-corrected chi connectivity index (χ2v) is 10.5. The normalized spacial score (nSPS) is 22.4. The molecular formula is C30H32F2N6O. The van der Waals surface area contributed by atoms with Crippen molar-refractivity contribution in [3.63, 3.8) is 0 Å². The van der Waals surface area contributed by atoms with E-state index in [4.69, 9.17) is 4.74 Å². The van der Waals surface area contributed by atoms with E-state index in [9.17, 15) is 8.78 Å². The first-order valence-corrected chi connectivity index (χ1v) is 13.4. The fraction of sp³-hybridized carbons (Fsp3) is 0.367. The first-order chi connectivity index (χ1) is 19.0. The van der Waals surface area contributed by atoms with Crippen molar-refractivity contribution >= 4 is 0 Å². The van der Waals surface area contributed by atoms with E-state index in [2.05, 4.69) is 20.2 Å². The number of nitrogens with zero attached hydrogens (tertiary/aromatic N) is 6.